The molecule has 0 amide bonds. The molecule has 0 spiro atoms. The zero-order valence-electron chi connectivity index (χ0n) is 17.0. The van der Waals surface area contributed by atoms with Gasteiger partial charge in [-0.2, -0.15) is 0 Å². The molecule has 2 aromatic carbocycles. The van der Waals surface area contributed by atoms with Crippen molar-refractivity contribution >= 4 is 16.8 Å². The van der Waals surface area contributed by atoms with Crippen LogP contribution < -0.4 is 4.74 Å². The van der Waals surface area contributed by atoms with E-state index in [0.29, 0.717) is 12.4 Å². The Morgan fingerprint density at radius 3 is 2.65 bits per heavy atom. The molecule has 3 aromatic rings. The summed E-state index contributed by atoms with van der Waals surface area (Å²) in [7, 11) is 1.63. The monoisotopic (exact) mass is 424 g/mol. The highest BCUT2D eigenvalue weighted by Crippen LogP contribution is 2.33. The van der Waals surface area contributed by atoms with Gasteiger partial charge in [-0.25, -0.2) is 4.99 Å². The van der Waals surface area contributed by atoms with E-state index in [4.69, 9.17) is 14.2 Å². The van der Waals surface area contributed by atoms with Crippen LogP contribution in [0.2, 0.25) is 0 Å². The molecular weight excluding hydrogens is 400 g/mol. The Hall–Kier alpha value is -2.91. The maximum absolute atomic E-state index is 10.4. The standard InChI is InChI=1S/C23H24N2O6/c1-29-14-7-8-15-16(11-25(17(15)9-14)10-13-5-3-2-4-6-13)22-24-19-21(28)20(27)18(12-26)30-23(19)31-22/h2-9,11,18-21,23,26-28H,10,12H2,1H3/t18-,19-,20-,21?,23-/m1/s1. The van der Waals surface area contributed by atoms with E-state index in [1.807, 2.05) is 42.6 Å². The summed E-state index contributed by atoms with van der Waals surface area (Å²) in [5, 5.41) is 30.9. The second-order valence-corrected chi connectivity index (χ2v) is 7.79. The number of aliphatic hydroxyl groups is 3. The molecule has 2 aliphatic rings. The van der Waals surface area contributed by atoms with E-state index in [0.717, 1.165) is 27.8 Å². The highest BCUT2D eigenvalue weighted by atomic mass is 16.7. The third kappa shape index (κ3) is 3.47. The lowest BCUT2D eigenvalue weighted by atomic mass is 9.98. The van der Waals surface area contributed by atoms with E-state index in [1.165, 1.54) is 0 Å². The summed E-state index contributed by atoms with van der Waals surface area (Å²) in [6.07, 6.45) is -2.25. The fourth-order valence-corrected chi connectivity index (χ4v) is 4.19. The number of fused-ring (bicyclic) bond motifs is 2. The smallest absolute Gasteiger partial charge is 0.227 e. The number of hydrogen-bond donors (Lipinski definition) is 3. The Morgan fingerprint density at radius 1 is 1.10 bits per heavy atom. The Bertz CT molecular complexity index is 1110. The molecule has 2 aliphatic heterocycles. The second kappa shape index (κ2) is 7.97. The second-order valence-electron chi connectivity index (χ2n) is 7.79. The fourth-order valence-electron chi connectivity index (χ4n) is 4.19. The van der Waals surface area contributed by atoms with Crippen LogP contribution in [0.15, 0.2) is 59.7 Å². The number of benzene rings is 2. The quantitative estimate of drug-likeness (QED) is 0.570. The van der Waals surface area contributed by atoms with Crippen LogP contribution in [0.5, 0.6) is 5.75 Å². The van der Waals surface area contributed by atoms with Gasteiger partial charge in [0.25, 0.3) is 0 Å². The van der Waals surface area contributed by atoms with Gasteiger partial charge in [-0.3, -0.25) is 0 Å². The molecule has 31 heavy (non-hydrogen) atoms. The lowest BCUT2D eigenvalue weighted by Crippen LogP contribution is -2.56. The van der Waals surface area contributed by atoms with Gasteiger partial charge in [0, 0.05) is 24.2 Å². The van der Waals surface area contributed by atoms with Crippen LogP contribution in [-0.2, 0) is 16.0 Å². The van der Waals surface area contributed by atoms with Crippen LogP contribution in [0.3, 0.4) is 0 Å². The third-order valence-electron chi connectivity index (χ3n) is 5.86. The molecule has 3 N–H and O–H groups in total. The first kappa shape index (κ1) is 20.0. The minimum Gasteiger partial charge on any atom is -0.497 e. The number of aliphatic imine (C=N–C) groups is 1. The number of nitrogens with zero attached hydrogens (tertiary/aromatic N) is 2. The van der Waals surface area contributed by atoms with Gasteiger partial charge in [-0.1, -0.05) is 30.3 Å². The summed E-state index contributed by atoms with van der Waals surface area (Å²) in [5.74, 6) is 1.07. The Balaban J connectivity index is 1.54. The molecule has 162 valence electrons. The molecule has 0 radical (unpaired) electrons. The van der Waals surface area contributed by atoms with Gasteiger partial charge < -0.3 is 34.1 Å². The van der Waals surface area contributed by atoms with Crippen molar-refractivity contribution in [2.24, 2.45) is 4.99 Å². The zero-order valence-corrected chi connectivity index (χ0v) is 17.0. The van der Waals surface area contributed by atoms with Gasteiger partial charge >= 0.3 is 0 Å². The fraction of sp³-hybridized carbons (Fsp3) is 0.348. The SMILES string of the molecule is COc1ccc2c(C3=N[C@@H]4C(O)[C@H](O)[C@@H](CO)O[C@@H]4O3)cn(Cc3ccccc3)c2c1. The lowest BCUT2D eigenvalue weighted by Gasteiger charge is -2.36. The van der Waals surface area contributed by atoms with Crippen LogP contribution in [-0.4, -0.2) is 70.1 Å². The Labute approximate surface area is 178 Å². The molecule has 5 atom stereocenters. The number of methoxy groups -OCH3 is 1. The van der Waals surface area contributed by atoms with Crippen LogP contribution >= 0.6 is 0 Å². The molecule has 8 heteroatoms. The van der Waals surface area contributed by atoms with Crippen molar-refractivity contribution in [1.29, 1.82) is 0 Å². The molecule has 0 aliphatic carbocycles. The Kier molecular flexibility index (Phi) is 5.15. The van der Waals surface area contributed by atoms with Gasteiger partial charge in [0.2, 0.25) is 12.2 Å². The van der Waals surface area contributed by atoms with Crippen molar-refractivity contribution < 1.29 is 29.5 Å². The lowest BCUT2D eigenvalue weighted by molar-refractivity contribution is -0.234. The minimum absolute atomic E-state index is 0.335. The van der Waals surface area contributed by atoms with Crippen molar-refractivity contribution in [3.63, 3.8) is 0 Å². The highest BCUT2D eigenvalue weighted by molar-refractivity contribution is 6.08. The van der Waals surface area contributed by atoms with E-state index in [1.54, 1.807) is 7.11 Å². The first-order valence-corrected chi connectivity index (χ1v) is 10.2. The van der Waals surface area contributed by atoms with E-state index in [-0.39, 0.29) is 0 Å². The maximum Gasteiger partial charge on any atom is 0.227 e. The average Bonchev–Trinajstić information content (AvgIpc) is 3.38. The van der Waals surface area contributed by atoms with Gasteiger partial charge in [-0.05, 0) is 17.7 Å². The van der Waals surface area contributed by atoms with Gasteiger partial charge in [0.15, 0.2) is 0 Å². The maximum atomic E-state index is 10.4. The molecule has 5 rings (SSSR count). The number of aliphatic hydroxyl groups excluding tert-OH is 3. The minimum atomic E-state index is -1.23. The molecule has 8 nitrogen and oxygen atoms in total. The van der Waals surface area contributed by atoms with Gasteiger partial charge in [0.1, 0.15) is 30.1 Å². The molecule has 1 fully saturated rings. The van der Waals surface area contributed by atoms with E-state index in [2.05, 4.69) is 21.7 Å². The molecule has 1 unspecified atom stereocenters. The van der Waals surface area contributed by atoms with Crippen molar-refractivity contribution in [2.75, 3.05) is 13.7 Å². The summed E-state index contributed by atoms with van der Waals surface area (Å²) in [6.45, 7) is 0.228. The van der Waals surface area contributed by atoms with Crippen LogP contribution in [0.4, 0.5) is 0 Å². The number of aromatic nitrogens is 1. The third-order valence-corrected chi connectivity index (χ3v) is 5.86. The average molecular weight is 424 g/mol. The summed E-state index contributed by atoms with van der Waals surface area (Å²) >= 11 is 0. The van der Waals surface area contributed by atoms with Gasteiger partial charge in [-0.15, -0.1) is 0 Å². The number of ether oxygens (including phenoxy) is 3. The first-order chi connectivity index (χ1) is 15.1. The molecule has 1 saturated heterocycles. The van der Waals surface area contributed by atoms with Crippen molar-refractivity contribution in [1.82, 2.24) is 4.57 Å². The molecule has 0 saturated carbocycles. The summed E-state index contributed by atoms with van der Waals surface area (Å²) in [6, 6.07) is 15.1. The van der Waals surface area contributed by atoms with E-state index >= 15 is 0 Å². The first-order valence-electron chi connectivity index (χ1n) is 10.2. The number of rotatable bonds is 5. The molecule has 1 aromatic heterocycles. The highest BCUT2D eigenvalue weighted by Gasteiger charge is 2.49. The van der Waals surface area contributed by atoms with Crippen molar-refractivity contribution in [2.45, 2.75) is 37.2 Å². The topological polar surface area (TPSA) is 106 Å². The molecular formula is C23H24N2O6. The molecule has 3 heterocycles. The summed E-state index contributed by atoms with van der Waals surface area (Å²) in [4.78, 5) is 4.53. The van der Waals surface area contributed by atoms with Crippen LogP contribution in [0.25, 0.3) is 10.9 Å². The Morgan fingerprint density at radius 2 is 1.90 bits per heavy atom. The summed E-state index contributed by atoms with van der Waals surface area (Å²) in [5.41, 5.74) is 2.85. The summed E-state index contributed by atoms with van der Waals surface area (Å²) < 4.78 is 19.1. The van der Waals surface area contributed by atoms with E-state index in [9.17, 15) is 15.3 Å². The van der Waals surface area contributed by atoms with Crippen LogP contribution in [0, 0.1) is 0 Å². The van der Waals surface area contributed by atoms with E-state index < -0.39 is 37.3 Å². The normalized spacial score (nSPS) is 27.6. The zero-order chi connectivity index (χ0) is 21.5. The predicted octanol–water partition coefficient (Wildman–Crippen LogP) is 1.28. The predicted molar refractivity (Wildman–Crippen MR) is 113 cm³/mol. The molecule has 0 bridgehead atoms. The van der Waals surface area contributed by atoms with Gasteiger partial charge in [0.05, 0.1) is 24.8 Å². The number of hydrogen-bond acceptors (Lipinski definition) is 7. The van der Waals surface area contributed by atoms with Crippen molar-refractivity contribution in [3.8, 4) is 5.75 Å². The van der Waals surface area contributed by atoms with Crippen molar-refractivity contribution in [3.05, 3.63) is 65.9 Å². The van der Waals surface area contributed by atoms with Crippen LogP contribution in [0.1, 0.15) is 11.1 Å². The largest absolute Gasteiger partial charge is 0.497 e.